The molecular weight excluding hydrogens is 248 g/mol. The third-order valence-electron chi connectivity index (χ3n) is 3.11. The van der Waals surface area contributed by atoms with Crippen LogP contribution in [-0.2, 0) is 15.6 Å². The maximum Gasteiger partial charge on any atom is 0.159 e. The number of hydrogen-bond donors (Lipinski definition) is 1. The van der Waals surface area contributed by atoms with Gasteiger partial charge in [0.1, 0.15) is 0 Å². The summed E-state index contributed by atoms with van der Waals surface area (Å²) in [4.78, 5) is 0. The third-order valence-corrected chi connectivity index (χ3v) is 5.20. The summed E-state index contributed by atoms with van der Waals surface area (Å²) < 4.78 is 24.0. The summed E-state index contributed by atoms with van der Waals surface area (Å²) in [6.45, 7) is 1.19. The second-order valence-electron chi connectivity index (χ2n) is 4.44. The fourth-order valence-electron chi connectivity index (χ4n) is 1.89. The smallest absolute Gasteiger partial charge is 0.159 e. The SMILES string of the molecule is C[C@H](CO)S(=O)(=O)Cc1cccc2ccccc12. The Morgan fingerprint density at radius 1 is 1.11 bits per heavy atom. The normalized spacial score (nSPS) is 13.7. The molecule has 0 bridgehead atoms. The van der Waals surface area contributed by atoms with Crippen molar-refractivity contribution >= 4 is 20.6 Å². The molecular formula is C14H16O3S. The molecule has 3 nitrogen and oxygen atoms in total. The van der Waals surface area contributed by atoms with Crippen LogP contribution in [0.5, 0.6) is 0 Å². The average Bonchev–Trinajstić information content (AvgIpc) is 2.38. The molecule has 2 rings (SSSR count). The first-order valence-electron chi connectivity index (χ1n) is 5.83. The Morgan fingerprint density at radius 3 is 2.50 bits per heavy atom. The summed E-state index contributed by atoms with van der Waals surface area (Å²) in [5.74, 6) is -0.0317. The van der Waals surface area contributed by atoms with Gasteiger partial charge in [0.05, 0.1) is 17.6 Å². The van der Waals surface area contributed by atoms with Crippen molar-refractivity contribution in [3.63, 3.8) is 0 Å². The molecule has 0 saturated carbocycles. The summed E-state index contributed by atoms with van der Waals surface area (Å²) in [6, 6.07) is 13.3. The van der Waals surface area contributed by atoms with Gasteiger partial charge in [-0.2, -0.15) is 0 Å². The van der Waals surface area contributed by atoms with Crippen LogP contribution in [0, 0.1) is 0 Å². The van der Waals surface area contributed by atoms with Crippen LogP contribution in [0.25, 0.3) is 10.8 Å². The number of sulfone groups is 1. The third kappa shape index (κ3) is 2.54. The number of rotatable bonds is 4. The molecule has 0 aromatic heterocycles. The van der Waals surface area contributed by atoms with Crippen LogP contribution in [0.4, 0.5) is 0 Å². The van der Waals surface area contributed by atoms with Gasteiger partial charge in [0.25, 0.3) is 0 Å². The first kappa shape index (κ1) is 13.1. The largest absolute Gasteiger partial charge is 0.395 e. The topological polar surface area (TPSA) is 54.4 Å². The van der Waals surface area contributed by atoms with Gasteiger partial charge < -0.3 is 5.11 Å². The quantitative estimate of drug-likeness (QED) is 0.920. The minimum absolute atomic E-state index is 0.0317. The van der Waals surface area contributed by atoms with Crippen LogP contribution < -0.4 is 0 Å². The number of aliphatic hydroxyl groups is 1. The molecule has 0 radical (unpaired) electrons. The van der Waals surface area contributed by atoms with Crippen molar-refractivity contribution in [2.45, 2.75) is 17.9 Å². The summed E-state index contributed by atoms with van der Waals surface area (Å²) >= 11 is 0. The summed E-state index contributed by atoms with van der Waals surface area (Å²) in [6.07, 6.45) is 0. The summed E-state index contributed by atoms with van der Waals surface area (Å²) in [5, 5.41) is 10.2. The lowest BCUT2D eigenvalue weighted by Gasteiger charge is -2.11. The Kier molecular flexibility index (Phi) is 3.68. The highest BCUT2D eigenvalue weighted by Gasteiger charge is 2.21. The molecule has 0 unspecified atom stereocenters. The molecule has 1 N–H and O–H groups in total. The Morgan fingerprint density at radius 2 is 1.78 bits per heavy atom. The van der Waals surface area contributed by atoms with E-state index in [1.165, 1.54) is 6.92 Å². The van der Waals surface area contributed by atoms with Crippen molar-refractivity contribution in [3.05, 3.63) is 48.0 Å². The van der Waals surface area contributed by atoms with Crippen LogP contribution in [0.3, 0.4) is 0 Å². The number of fused-ring (bicyclic) bond motifs is 1. The van der Waals surface area contributed by atoms with Crippen LogP contribution in [0.2, 0.25) is 0 Å². The average molecular weight is 264 g/mol. The number of aliphatic hydroxyl groups excluding tert-OH is 1. The van der Waals surface area contributed by atoms with Crippen LogP contribution in [0.15, 0.2) is 42.5 Å². The van der Waals surface area contributed by atoms with E-state index in [9.17, 15) is 8.42 Å². The zero-order chi connectivity index (χ0) is 13.2. The zero-order valence-electron chi connectivity index (χ0n) is 10.2. The van der Waals surface area contributed by atoms with Gasteiger partial charge in [-0.15, -0.1) is 0 Å². The summed E-state index contributed by atoms with van der Waals surface area (Å²) in [5.41, 5.74) is 0.786. The van der Waals surface area contributed by atoms with Gasteiger partial charge in [-0.3, -0.25) is 0 Å². The van der Waals surface area contributed by atoms with E-state index in [2.05, 4.69) is 0 Å². The molecule has 0 fully saturated rings. The Labute approximate surface area is 107 Å². The highest BCUT2D eigenvalue weighted by molar-refractivity contribution is 7.91. The van der Waals surface area contributed by atoms with E-state index in [1.807, 2.05) is 42.5 Å². The minimum atomic E-state index is -3.30. The molecule has 0 saturated heterocycles. The predicted octanol–water partition coefficient (Wildman–Crippen LogP) is 2.14. The van der Waals surface area contributed by atoms with Crippen molar-refractivity contribution in [1.82, 2.24) is 0 Å². The molecule has 0 aliphatic heterocycles. The number of hydrogen-bond acceptors (Lipinski definition) is 3. The van der Waals surface area contributed by atoms with Gasteiger partial charge in [0, 0.05) is 0 Å². The first-order chi connectivity index (χ1) is 8.54. The van der Waals surface area contributed by atoms with Crippen LogP contribution in [0.1, 0.15) is 12.5 Å². The van der Waals surface area contributed by atoms with E-state index < -0.39 is 15.1 Å². The van der Waals surface area contributed by atoms with Gasteiger partial charge in [-0.25, -0.2) is 8.42 Å². The Bertz CT molecular complexity index is 642. The van der Waals surface area contributed by atoms with E-state index in [0.29, 0.717) is 0 Å². The van der Waals surface area contributed by atoms with Crippen molar-refractivity contribution in [2.24, 2.45) is 0 Å². The zero-order valence-corrected chi connectivity index (χ0v) is 11.0. The van der Waals surface area contributed by atoms with Crippen LogP contribution in [-0.4, -0.2) is 25.4 Å². The van der Waals surface area contributed by atoms with Crippen molar-refractivity contribution in [3.8, 4) is 0 Å². The highest BCUT2D eigenvalue weighted by atomic mass is 32.2. The highest BCUT2D eigenvalue weighted by Crippen LogP contribution is 2.21. The molecule has 2 aromatic rings. The molecule has 1 atom stereocenters. The predicted molar refractivity (Wildman–Crippen MR) is 73.1 cm³/mol. The maximum absolute atomic E-state index is 12.0. The molecule has 0 heterocycles. The van der Waals surface area contributed by atoms with Gasteiger partial charge >= 0.3 is 0 Å². The molecule has 0 aliphatic carbocycles. The van der Waals surface area contributed by atoms with E-state index in [1.54, 1.807) is 0 Å². The molecule has 2 aromatic carbocycles. The molecule has 96 valence electrons. The van der Waals surface area contributed by atoms with E-state index >= 15 is 0 Å². The first-order valence-corrected chi connectivity index (χ1v) is 7.55. The lowest BCUT2D eigenvalue weighted by molar-refractivity contribution is 0.295. The fourth-order valence-corrected chi connectivity index (χ4v) is 3.09. The second kappa shape index (κ2) is 5.08. The second-order valence-corrected chi connectivity index (χ2v) is 6.86. The van der Waals surface area contributed by atoms with Gasteiger partial charge in [0.15, 0.2) is 9.84 Å². The summed E-state index contributed by atoms with van der Waals surface area (Å²) in [7, 11) is -3.30. The van der Waals surface area contributed by atoms with Crippen molar-refractivity contribution in [2.75, 3.05) is 6.61 Å². The van der Waals surface area contributed by atoms with Crippen molar-refractivity contribution < 1.29 is 13.5 Å². The molecule has 0 spiro atoms. The molecule has 18 heavy (non-hydrogen) atoms. The molecule has 4 heteroatoms. The number of benzene rings is 2. The van der Waals surface area contributed by atoms with Gasteiger partial charge in [-0.05, 0) is 23.3 Å². The fraction of sp³-hybridized carbons (Fsp3) is 0.286. The monoisotopic (exact) mass is 264 g/mol. The Balaban J connectivity index is 2.44. The van der Waals surface area contributed by atoms with Gasteiger partial charge in [0.2, 0.25) is 0 Å². The molecule has 0 amide bonds. The maximum atomic E-state index is 12.0. The van der Waals surface area contributed by atoms with E-state index in [-0.39, 0.29) is 12.4 Å². The van der Waals surface area contributed by atoms with Crippen molar-refractivity contribution in [1.29, 1.82) is 0 Å². The van der Waals surface area contributed by atoms with Gasteiger partial charge in [-0.1, -0.05) is 42.5 Å². The minimum Gasteiger partial charge on any atom is -0.395 e. The lowest BCUT2D eigenvalue weighted by Crippen LogP contribution is -2.23. The van der Waals surface area contributed by atoms with E-state index in [0.717, 1.165) is 16.3 Å². The van der Waals surface area contributed by atoms with Crippen LogP contribution >= 0.6 is 0 Å². The standard InChI is InChI=1S/C14H16O3S/c1-11(9-15)18(16,17)10-13-7-4-6-12-5-2-3-8-14(12)13/h2-8,11,15H,9-10H2,1H3/t11-/m1/s1. The lowest BCUT2D eigenvalue weighted by atomic mass is 10.1. The Hall–Kier alpha value is -1.39. The van der Waals surface area contributed by atoms with E-state index in [4.69, 9.17) is 5.11 Å². The molecule has 0 aliphatic rings.